The molecule has 0 radical (unpaired) electrons. The molecule has 5 rings (SSSR count). The third-order valence-corrected chi connectivity index (χ3v) is 7.34. The first-order valence-electron chi connectivity index (χ1n) is 14.1. The maximum atomic E-state index is 12.2. The van der Waals surface area contributed by atoms with Crippen LogP contribution in [0.3, 0.4) is 0 Å². The number of aromatic nitrogens is 1. The molecule has 10 heteroatoms. The summed E-state index contributed by atoms with van der Waals surface area (Å²) < 4.78 is 9.64. The van der Waals surface area contributed by atoms with Gasteiger partial charge >= 0.3 is 23.9 Å². The summed E-state index contributed by atoms with van der Waals surface area (Å²) in [6.45, 7) is 4.80. The zero-order valence-corrected chi connectivity index (χ0v) is 24.7. The first-order chi connectivity index (χ1) is 21.0. The van der Waals surface area contributed by atoms with Crippen molar-refractivity contribution in [3.05, 3.63) is 113 Å². The zero-order chi connectivity index (χ0) is 31.8. The Hall–Kier alpha value is -5.09. The van der Waals surface area contributed by atoms with Gasteiger partial charge in [0.1, 0.15) is 0 Å². The van der Waals surface area contributed by atoms with Gasteiger partial charge < -0.3 is 19.7 Å². The molecule has 1 aromatic heterocycles. The number of carbonyl (C=O) groups excluding carboxylic acids is 2. The van der Waals surface area contributed by atoms with Crippen LogP contribution in [-0.2, 0) is 19.1 Å². The van der Waals surface area contributed by atoms with Crippen LogP contribution >= 0.6 is 0 Å². The lowest BCUT2D eigenvalue weighted by molar-refractivity contribution is -0.166. The Labute approximate surface area is 254 Å². The predicted molar refractivity (Wildman–Crippen MR) is 162 cm³/mol. The summed E-state index contributed by atoms with van der Waals surface area (Å²) >= 11 is 0. The number of aryl methyl sites for hydroxylation is 2. The Morgan fingerprint density at radius 3 is 1.77 bits per heavy atom. The summed E-state index contributed by atoms with van der Waals surface area (Å²) in [7, 11) is 2.21. The maximum absolute atomic E-state index is 12.2. The van der Waals surface area contributed by atoms with Crippen molar-refractivity contribution in [2.75, 3.05) is 13.6 Å². The zero-order valence-electron chi connectivity index (χ0n) is 24.7. The van der Waals surface area contributed by atoms with Crippen LogP contribution in [0.4, 0.5) is 0 Å². The third kappa shape index (κ3) is 8.05. The first kappa shape index (κ1) is 31.8. The van der Waals surface area contributed by atoms with Gasteiger partial charge in [0.15, 0.2) is 0 Å². The second kappa shape index (κ2) is 14.4. The highest BCUT2D eigenvalue weighted by atomic mass is 16.6. The van der Waals surface area contributed by atoms with Crippen molar-refractivity contribution in [2.24, 2.45) is 0 Å². The van der Waals surface area contributed by atoms with Gasteiger partial charge in [0.25, 0.3) is 0 Å². The number of hydrogen-bond donors (Lipinski definition) is 2. The molecule has 4 aromatic rings. The fourth-order valence-corrected chi connectivity index (χ4v) is 4.86. The molecule has 1 saturated heterocycles. The SMILES string of the molecule is CN1CCCC1c1ccc2ncccc2c1.Cc1ccc(C(=O)O[C@H](C(=O)O)[C@H](OC(=O)c2ccc(C)cc2)C(=O)O)cc1. The molecule has 1 fully saturated rings. The van der Waals surface area contributed by atoms with E-state index >= 15 is 0 Å². The van der Waals surface area contributed by atoms with E-state index in [1.807, 2.05) is 12.3 Å². The molecule has 0 spiro atoms. The van der Waals surface area contributed by atoms with Gasteiger partial charge in [0.2, 0.25) is 12.2 Å². The molecule has 0 amide bonds. The van der Waals surface area contributed by atoms with Crippen molar-refractivity contribution in [3.63, 3.8) is 0 Å². The van der Waals surface area contributed by atoms with Crippen molar-refractivity contribution < 1.29 is 38.9 Å². The fraction of sp³-hybridized carbons (Fsp3) is 0.265. The molecule has 1 aliphatic rings. The summed E-state index contributed by atoms with van der Waals surface area (Å²) in [6, 6.07) is 23.5. The van der Waals surface area contributed by atoms with E-state index in [0.29, 0.717) is 6.04 Å². The van der Waals surface area contributed by atoms with E-state index in [1.54, 1.807) is 38.1 Å². The second-order valence-electron chi connectivity index (χ2n) is 10.7. The molecular weight excluding hydrogens is 564 g/mol. The van der Waals surface area contributed by atoms with E-state index in [4.69, 9.17) is 9.47 Å². The number of nitrogens with zero attached hydrogens (tertiary/aromatic N) is 2. The Morgan fingerprint density at radius 1 is 0.795 bits per heavy atom. The lowest BCUT2D eigenvalue weighted by Crippen LogP contribution is -2.45. The Kier molecular flexibility index (Phi) is 10.4. The van der Waals surface area contributed by atoms with Crippen molar-refractivity contribution >= 4 is 34.8 Å². The molecule has 1 unspecified atom stereocenters. The Balaban J connectivity index is 0.000000231. The number of carboxylic acids is 2. The van der Waals surface area contributed by atoms with E-state index in [2.05, 4.69) is 41.2 Å². The average Bonchev–Trinajstić information content (AvgIpc) is 3.44. The Morgan fingerprint density at radius 2 is 1.32 bits per heavy atom. The number of ether oxygens (including phenoxy) is 2. The summed E-state index contributed by atoms with van der Waals surface area (Å²) in [5, 5.41) is 19.9. The van der Waals surface area contributed by atoms with E-state index in [9.17, 15) is 29.4 Å². The van der Waals surface area contributed by atoms with E-state index in [1.165, 1.54) is 54.6 Å². The number of pyridine rings is 1. The molecule has 2 heterocycles. The van der Waals surface area contributed by atoms with Crippen molar-refractivity contribution in [1.82, 2.24) is 9.88 Å². The molecule has 0 bridgehead atoms. The largest absolute Gasteiger partial charge is 0.478 e. The molecule has 44 heavy (non-hydrogen) atoms. The number of esters is 2. The Bertz CT molecular complexity index is 1560. The third-order valence-electron chi connectivity index (χ3n) is 7.34. The van der Waals surface area contributed by atoms with Crippen molar-refractivity contribution in [1.29, 1.82) is 0 Å². The number of benzene rings is 3. The van der Waals surface area contributed by atoms with Gasteiger partial charge in [-0.1, -0.05) is 47.5 Å². The molecule has 0 saturated carbocycles. The number of carboxylic acid groups (broad SMARTS) is 2. The van der Waals surface area contributed by atoms with Gasteiger partial charge in [0, 0.05) is 17.6 Å². The van der Waals surface area contributed by atoms with Crippen molar-refractivity contribution in [2.45, 2.75) is 44.9 Å². The highest BCUT2D eigenvalue weighted by Gasteiger charge is 2.41. The maximum Gasteiger partial charge on any atom is 0.349 e. The second-order valence-corrected chi connectivity index (χ2v) is 10.7. The van der Waals surface area contributed by atoms with Crippen LogP contribution in [0.5, 0.6) is 0 Å². The molecule has 0 aliphatic carbocycles. The topological polar surface area (TPSA) is 143 Å². The number of carbonyl (C=O) groups is 4. The number of fused-ring (bicyclic) bond motifs is 1. The first-order valence-corrected chi connectivity index (χ1v) is 14.1. The van der Waals surface area contributed by atoms with Crippen LogP contribution < -0.4 is 0 Å². The van der Waals surface area contributed by atoms with Crippen LogP contribution in [0.25, 0.3) is 10.9 Å². The van der Waals surface area contributed by atoms with Gasteiger partial charge in [-0.3, -0.25) is 9.88 Å². The van der Waals surface area contributed by atoms with Crippen LogP contribution in [0.15, 0.2) is 85.1 Å². The molecule has 228 valence electrons. The summed E-state index contributed by atoms with van der Waals surface area (Å²) in [5.74, 6) is -5.62. The van der Waals surface area contributed by atoms with Gasteiger partial charge in [-0.25, -0.2) is 19.2 Å². The van der Waals surface area contributed by atoms with E-state index in [0.717, 1.165) is 16.6 Å². The van der Waals surface area contributed by atoms with Crippen molar-refractivity contribution in [3.8, 4) is 0 Å². The van der Waals surface area contributed by atoms with Gasteiger partial charge in [-0.15, -0.1) is 0 Å². The molecule has 2 N–H and O–H groups in total. The highest BCUT2D eigenvalue weighted by Crippen LogP contribution is 2.31. The highest BCUT2D eigenvalue weighted by molar-refractivity contribution is 5.95. The smallest absolute Gasteiger partial charge is 0.349 e. The molecule has 10 nitrogen and oxygen atoms in total. The normalized spacial score (nSPS) is 15.8. The fourth-order valence-electron chi connectivity index (χ4n) is 4.86. The summed E-state index contributed by atoms with van der Waals surface area (Å²) in [5.41, 5.74) is 4.31. The van der Waals surface area contributed by atoms with Gasteiger partial charge in [-0.05, 0) is 88.3 Å². The molecule has 3 atom stereocenters. The summed E-state index contributed by atoms with van der Waals surface area (Å²) in [4.78, 5) is 54.1. The van der Waals surface area contributed by atoms with Crippen LogP contribution in [-0.4, -0.2) is 69.8 Å². The number of rotatable bonds is 8. The number of likely N-dealkylation sites (tertiary alicyclic amines) is 1. The van der Waals surface area contributed by atoms with Gasteiger partial charge in [0.05, 0.1) is 16.6 Å². The minimum absolute atomic E-state index is 0.0332. The van der Waals surface area contributed by atoms with E-state index in [-0.39, 0.29) is 11.1 Å². The minimum Gasteiger partial charge on any atom is -0.478 e. The van der Waals surface area contributed by atoms with Crippen LogP contribution in [0, 0.1) is 13.8 Å². The lowest BCUT2D eigenvalue weighted by atomic mass is 10.0. The van der Waals surface area contributed by atoms with Gasteiger partial charge in [-0.2, -0.15) is 0 Å². The summed E-state index contributed by atoms with van der Waals surface area (Å²) in [6.07, 6.45) is -0.000474. The standard InChI is InChI=1S/C20H18O8.C14H16N2/c1-11-3-7-13(8-4-11)19(25)27-15(17(21)22)16(18(23)24)28-20(26)14-9-5-12(2)6-10-14;1-16-9-3-5-14(16)12-6-7-13-11(10-12)4-2-8-15-13/h3-10,15-16H,1-2H3,(H,21,22)(H,23,24);2,4,6-8,10,14H,3,5,9H2,1H3/t15-,16-;/m0./s1. The van der Waals surface area contributed by atoms with Crippen LogP contribution in [0.2, 0.25) is 0 Å². The molecule has 1 aliphatic heterocycles. The quantitative estimate of drug-likeness (QED) is 0.259. The predicted octanol–water partition coefficient (Wildman–Crippen LogP) is 5.23. The molecular formula is C34H34N2O8. The lowest BCUT2D eigenvalue weighted by Gasteiger charge is -2.21. The number of hydrogen-bond acceptors (Lipinski definition) is 8. The monoisotopic (exact) mass is 598 g/mol. The molecule has 3 aromatic carbocycles. The van der Waals surface area contributed by atoms with Crippen LogP contribution in [0.1, 0.15) is 56.3 Å². The average molecular weight is 599 g/mol. The minimum atomic E-state index is -2.22. The number of aliphatic carboxylic acids is 2. The van der Waals surface area contributed by atoms with E-state index < -0.39 is 36.1 Å².